The number of rotatable bonds is 6. The molecule has 0 aliphatic carbocycles. The molecule has 0 radical (unpaired) electrons. The number of pyridine rings is 1. The van der Waals surface area contributed by atoms with Gasteiger partial charge in [0.05, 0.1) is 17.6 Å². The van der Waals surface area contributed by atoms with Crippen LogP contribution in [-0.4, -0.2) is 10.9 Å². The van der Waals surface area contributed by atoms with Crippen LogP contribution in [0.1, 0.15) is 13.8 Å². The topological polar surface area (TPSA) is 63.2 Å². The standard InChI is InChI=1S/C21H21N3O2/c1-15(2)21(25)24-20-13-12-16(14-22-20)23-18-10-6-7-11-19(18)26-17-8-4-3-5-9-17/h3-15,23H,1-2H3,(H,22,24,25). The smallest absolute Gasteiger partial charge is 0.228 e. The molecule has 1 aromatic heterocycles. The Morgan fingerprint density at radius 3 is 2.38 bits per heavy atom. The fourth-order valence-corrected chi connectivity index (χ4v) is 2.24. The normalized spacial score (nSPS) is 10.4. The van der Waals surface area contributed by atoms with Gasteiger partial charge in [-0.15, -0.1) is 0 Å². The Bertz CT molecular complexity index is 862. The highest BCUT2D eigenvalue weighted by atomic mass is 16.5. The number of ether oxygens (including phenoxy) is 1. The summed E-state index contributed by atoms with van der Waals surface area (Å²) in [5, 5.41) is 6.07. The van der Waals surface area contributed by atoms with E-state index in [1.54, 1.807) is 12.3 Å². The summed E-state index contributed by atoms with van der Waals surface area (Å²) >= 11 is 0. The van der Waals surface area contributed by atoms with Crippen LogP contribution < -0.4 is 15.4 Å². The van der Waals surface area contributed by atoms with Gasteiger partial charge in [0.1, 0.15) is 11.6 Å². The maximum atomic E-state index is 11.7. The molecule has 0 atom stereocenters. The predicted octanol–water partition coefficient (Wildman–Crippen LogP) is 5.21. The van der Waals surface area contributed by atoms with Gasteiger partial charge in [-0.3, -0.25) is 4.79 Å². The number of carbonyl (C=O) groups is 1. The lowest BCUT2D eigenvalue weighted by molar-refractivity contribution is -0.118. The molecule has 0 spiro atoms. The predicted molar refractivity (Wildman–Crippen MR) is 104 cm³/mol. The molecule has 1 amide bonds. The second-order valence-electron chi connectivity index (χ2n) is 6.11. The van der Waals surface area contributed by atoms with Gasteiger partial charge in [0.15, 0.2) is 5.75 Å². The summed E-state index contributed by atoms with van der Waals surface area (Å²) in [5.74, 6) is 1.88. The third-order valence-electron chi connectivity index (χ3n) is 3.68. The third-order valence-corrected chi connectivity index (χ3v) is 3.68. The summed E-state index contributed by atoms with van der Waals surface area (Å²) in [7, 11) is 0. The Labute approximate surface area is 153 Å². The van der Waals surface area contributed by atoms with Crippen LogP contribution in [0, 0.1) is 5.92 Å². The van der Waals surface area contributed by atoms with E-state index in [0.717, 1.165) is 22.9 Å². The van der Waals surface area contributed by atoms with Crippen LogP contribution in [0.5, 0.6) is 11.5 Å². The van der Waals surface area contributed by atoms with Crippen molar-refractivity contribution in [2.75, 3.05) is 10.6 Å². The zero-order valence-electron chi connectivity index (χ0n) is 14.8. The first-order valence-electron chi connectivity index (χ1n) is 8.47. The van der Waals surface area contributed by atoms with Crippen molar-refractivity contribution < 1.29 is 9.53 Å². The zero-order valence-corrected chi connectivity index (χ0v) is 14.8. The van der Waals surface area contributed by atoms with E-state index in [1.807, 2.05) is 74.5 Å². The Morgan fingerprint density at radius 2 is 1.69 bits per heavy atom. The number of nitrogens with zero attached hydrogens (tertiary/aromatic N) is 1. The number of benzene rings is 2. The van der Waals surface area contributed by atoms with Crippen LogP contribution in [0.2, 0.25) is 0 Å². The average Bonchev–Trinajstić information content (AvgIpc) is 2.65. The second kappa shape index (κ2) is 8.16. The highest BCUT2D eigenvalue weighted by Crippen LogP contribution is 2.31. The maximum Gasteiger partial charge on any atom is 0.228 e. The molecule has 3 rings (SSSR count). The zero-order chi connectivity index (χ0) is 18.4. The minimum Gasteiger partial charge on any atom is -0.455 e. The number of hydrogen-bond donors (Lipinski definition) is 2. The Kier molecular flexibility index (Phi) is 5.49. The van der Waals surface area contributed by atoms with Gasteiger partial charge in [-0.05, 0) is 36.4 Å². The lowest BCUT2D eigenvalue weighted by Gasteiger charge is -2.13. The van der Waals surface area contributed by atoms with Gasteiger partial charge >= 0.3 is 0 Å². The Balaban J connectivity index is 1.72. The lowest BCUT2D eigenvalue weighted by atomic mass is 10.2. The highest BCUT2D eigenvalue weighted by molar-refractivity contribution is 5.91. The molecule has 0 saturated heterocycles. The first-order chi connectivity index (χ1) is 12.6. The van der Waals surface area contributed by atoms with E-state index < -0.39 is 0 Å². The quantitative estimate of drug-likeness (QED) is 0.642. The van der Waals surface area contributed by atoms with Crippen LogP contribution in [0.3, 0.4) is 0 Å². The number of hydrogen-bond acceptors (Lipinski definition) is 4. The minimum atomic E-state index is -0.0865. The van der Waals surface area contributed by atoms with Crippen molar-refractivity contribution >= 4 is 23.1 Å². The molecule has 0 saturated carbocycles. The van der Waals surface area contributed by atoms with Crippen molar-refractivity contribution in [2.24, 2.45) is 5.92 Å². The molecule has 0 fully saturated rings. The molecule has 5 heteroatoms. The molecule has 2 N–H and O–H groups in total. The van der Waals surface area contributed by atoms with Crippen LogP contribution in [0.25, 0.3) is 0 Å². The first-order valence-corrected chi connectivity index (χ1v) is 8.47. The first kappa shape index (κ1) is 17.5. The molecule has 5 nitrogen and oxygen atoms in total. The fourth-order valence-electron chi connectivity index (χ4n) is 2.24. The number of aromatic nitrogens is 1. The molecule has 3 aromatic rings. The molecule has 0 unspecified atom stereocenters. The summed E-state index contributed by atoms with van der Waals surface area (Å²) in [4.78, 5) is 16.0. The van der Waals surface area contributed by atoms with Gasteiger partial charge in [0.2, 0.25) is 5.91 Å². The molecule has 0 bridgehead atoms. The Hall–Kier alpha value is -3.34. The SMILES string of the molecule is CC(C)C(=O)Nc1ccc(Nc2ccccc2Oc2ccccc2)cn1. The van der Waals surface area contributed by atoms with Crippen LogP contribution in [0.15, 0.2) is 72.9 Å². The van der Waals surface area contributed by atoms with Gasteiger partial charge in [-0.1, -0.05) is 44.2 Å². The van der Waals surface area contributed by atoms with Gasteiger partial charge in [-0.25, -0.2) is 4.98 Å². The van der Waals surface area contributed by atoms with E-state index in [1.165, 1.54) is 0 Å². The van der Waals surface area contributed by atoms with Gasteiger partial charge in [0, 0.05) is 5.92 Å². The van der Waals surface area contributed by atoms with Gasteiger partial charge < -0.3 is 15.4 Å². The van der Waals surface area contributed by atoms with E-state index in [9.17, 15) is 4.79 Å². The van der Waals surface area contributed by atoms with Crippen molar-refractivity contribution in [3.63, 3.8) is 0 Å². The summed E-state index contributed by atoms with van der Waals surface area (Å²) in [6, 6.07) is 21.0. The fraction of sp³-hybridized carbons (Fsp3) is 0.143. The van der Waals surface area contributed by atoms with Gasteiger partial charge in [-0.2, -0.15) is 0 Å². The van der Waals surface area contributed by atoms with Crippen molar-refractivity contribution in [2.45, 2.75) is 13.8 Å². The van der Waals surface area contributed by atoms with E-state index in [4.69, 9.17) is 4.74 Å². The number of nitrogens with one attached hydrogen (secondary N) is 2. The second-order valence-corrected chi connectivity index (χ2v) is 6.11. The number of amides is 1. The van der Waals surface area contributed by atoms with Gasteiger partial charge in [0.25, 0.3) is 0 Å². The van der Waals surface area contributed by atoms with Crippen molar-refractivity contribution in [3.05, 3.63) is 72.9 Å². The molecular formula is C21H21N3O2. The van der Waals surface area contributed by atoms with Crippen LogP contribution in [0.4, 0.5) is 17.2 Å². The van der Waals surface area contributed by atoms with E-state index >= 15 is 0 Å². The molecular weight excluding hydrogens is 326 g/mol. The highest BCUT2D eigenvalue weighted by Gasteiger charge is 2.08. The van der Waals surface area contributed by atoms with Crippen LogP contribution >= 0.6 is 0 Å². The summed E-state index contributed by atoms with van der Waals surface area (Å²) in [5.41, 5.74) is 1.63. The molecule has 1 heterocycles. The number of para-hydroxylation sites is 3. The van der Waals surface area contributed by atoms with E-state index in [0.29, 0.717) is 5.82 Å². The van der Waals surface area contributed by atoms with Crippen molar-refractivity contribution in [1.82, 2.24) is 4.98 Å². The van der Waals surface area contributed by atoms with E-state index in [2.05, 4.69) is 15.6 Å². The summed E-state index contributed by atoms with van der Waals surface area (Å²) < 4.78 is 5.94. The number of carbonyl (C=O) groups excluding carboxylic acids is 1. The van der Waals surface area contributed by atoms with Crippen LogP contribution in [-0.2, 0) is 4.79 Å². The molecule has 26 heavy (non-hydrogen) atoms. The summed E-state index contributed by atoms with van der Waals surface area (Å²) in [6.45, 7) is 3.68. The van der Waals surface area contributed by atoms with Crippen molar-refractivity contribution in [3.8, 4) is 11.5 Å². The summed E-state index contributed by atoms with van der Waals surface area (Å²) in [6.07, 6.45) is 1.68. The molecule has 132 valence electrons. The molecule has 0 aliphatic heterocycles. The van der Waals surface area contributed by atoms with Crippen molar-refractivity contribution in [1.29, 1.82) is 0 Å². The number of anilines is 3. The van der Waals surface area contributed by atoms with E-state index in [-0.39, 0.29) is 11.8 Å². The Morgan fingerprint density at radius 1 is 0.962 bits per heavy atom. The monoisotopic (exact) mass is 347 g/mol. The largest absolute Gasteiger partial charge is 0.455 e. The third kappa shape index (κ3) is 4.60. The molecule has 0 aliphatic rings. The molecule has 2 aromatic carbocycles. The lowest BCUT2D eigenvalue weighted by Crippen LogP contribution is -2.18. The minimum absolute atomic E-state index is 0.0557. The average molecular weight is 347 g/mol. The maximum absolute atomic E-state index is 11.7.